The normalized spacial score (nSPS) is 10.4. The molecule has 2 heterocycles. The molecule has 0 fully saturated rings. The lowest BCUT2D eigenvalue weighted by Crippen LogP contribution is -2.13. The summed E-state index contributed by atoms with van der Waals surface area (Å²) in [7, 11) is 1.73. The third kappa shape index (κ3) is 5.26. The standard InChI is InChI=1S/C23H17N7O4S/c1-14-10-17(34-22-16(12-24)4-3-9-25-22)6-7-18(14)27-21(31)15-5-8-20(19(11-15)30(32)33)35-23-28-26-13-29(23)2/h3-11,13H,1-2H3,(H,27,31). The lowest BCUT2D eigenvalue weighted by molar-refractivity contribution is -0.387. The molecule has 0 aliphatic heterocycles. The fraction of sp³-hybridized carbons (Fsp3) is 0.0870. The van der Waals surface area contributed by atoms with Crippen molar-refractivity contribution in [3.63, 3.8) is 0 Å². The second-order valence-electron chi connectivity index (χ2n) is 7.27. The summed E-state index contributed by atoms with van der Waals surface area (Å²) >= 11 is 1.08. The first-order chi connectivity index (χ1) is 16.9. The van der Waals surface area contributed by atoms with E-state index in [2.05, 4.69) is 20.5 Å². The predicted molar refractivity (Wildman–Crippen MR) is 126 cm³/mol. The summed E-state index contributed by atoms with van der Waals surface area (Å²) in [6, 6.07) is 14.5. The van der Waals surface area contributed by atoms with Crippen molar-refractivity contribution in [2.24, 2.45) is 7.05 Å². The minimum atomic E-state index is -0.542. The molecule has 2 aromatic heterocycles. The number of nitro groups is 1. The first kappa shape index (κ1) is 23.4. The highest BCUT2D eigenvalue weighted by Gasteiger charge is 2.20. The molecular formula is C23H17N7O4S. The monoisotopic (exact) mass is 487 g/mol. The number of pyridine rings is 1. The number of carbonyl (C=O) groups is 1. The van der Waals surface area contributed by atoms with Crippen LogP contribution in [0.3, 0.4) is 0 Å². The number of anilines is 1. The predicted octanol–water partition coefficient (Wildman–Crippen LogP) is 4.49. The number of nitrogens with zero attached hydrogens (tertiary/aromatic N) is 6. The zero-order chi connectivity index (χ0) is 24.9. The summed E-state index contributed by atoms with van der Waals surface area (Å²) in [4.78, 5) is 28.3. The molecule has 0 spiro atoms. The molecule has 2 aromatic carbocycles. The van der Waals surface area contributed by atoms with E-state index in [4.69, 9.17) is 4.74 Å². The number of rotatable bonds is 7. The van der Waals surface area contributed by atoms with Gasteiger partial charge in [0.05, 0.1) is 9.82 Å². The number of amides is 1. The Morgan fingerprint density at radius 2 is 2.09 bits per heavy atom. The van der Waals surface area contributed by atoms with Crippen LogP contribution in [0, 0.1) is 28.4 Å². The van der Waals surface area contributed by atoms with Crippen molar-refractivity contribution in [2.75, 3.05) is 5.32 Å². The van der Waals surface area contributed by atoms with Gasteiger partial charge in [-0.1, -0.05) is 0 Å². The van der Waals surface area contributed by atoms with Crippen LogP contribution in [0.15, 0.2) is 71.1 Å². The highest BCUT2D eigenvalue weighted by Crippen LogP contribution is 2.34. The second-order valence-corrected chi connectivity index (χ2v) is 8.28. The Morgan fingerprint density at radius 1 is 1.26 bits per heavy atom. The van der Waals surface area contributed by atoms with Crippen LogP contribution in [0.2, 0.25) is 0 Å². The Labute approximate surface area is 203 Å². The molecule has 35 heavy (non-hydrogen) atoms. The maximum atomic E-state index is 12.8. The molecule has 0 atom stereocenters. The van der Waals surface area contributed by atoms with E-state index >= 15 is 0 Å². The summed E-state index contributed by atoms with van der Waals surface area (Å²) in [5.41, 5.74) is 1.41. The number of nitrogens with one attached hydrogen (secondary N) is 1. The summed E-state index contributed by atoms with van der Waals surface area (Å²) in [5.74, 6) is 0.117. The van der Waals surface area contributed by atoms with Gasteiger partial charge in [0.15, 0.2) is 5.16 Å². The van der Waals surface area contributed by atoms with Crippen LogP contribution < -0.4 is 10.1 Å². The van der Waals surface area contributed by atoms with Crippen molar-refractivity contribution in [1.82, 2.24) is 19.7 Å². The van der Waals surface area contributed by atoms with Gasteiger partial charge in [-0.05, 0) is 66.7 Å². The molecule has 0 radical (unpaired) electrons. The van der Waals surface area contributed by atoms with E-state index < -0.39 is 10.8 Å². The third-order valence-electron chi connectivity index (χ3n) is 4.84. The molecule has 4 aromatic rings. The van der Waals surface area contributed by atoms with Crippen LogP contribution in [0.25, 0.3) is 0 Å². The van der Waals surface area contributed by atoms with Gasteiger partial charge in [-0.3, -0.25) is 14.9 Å². The molecule has 1 amide bonds. The largest absolute Gasteiger partial charge is 0.438 e. The van der Waals surface area contributed by atoms with Crippen molar-refractivity contribution in [3.8, 4) is 17.7 Å². The minimum Gasteiger partial charge on any atom is -0.438 e. The van der Waals surface area contributed by atoms with Crippen molar-refractivity contribution in [3.05, 3.63) is 87.9 Å². The number of hydrogen-bond acceptors (Lipinski definition) is 9. The quantitative estimate of drug-likeness (QED) is 0.294. The van der Waals surface area contributed by atoms with Gasteiger partial charge in [0.25, 0.3) is 11.6 Å². The molecule has 0 saturated heterocycles. The highest BCUT2D eigenvalue weighted by molar-refractivity contribution is 7.99. The van der Waals surface area contributed by atoms with Crippen LogP contribution in [-0.2, 0) is 7.05 Å². The van der Waals surface area contributed by atoms with Crippen molar-refractivity contribution in [1.29, 1.82) is 5.26 Å². The molecular weight excluding hydrogens is 470 g/mol. The van der Waals surface area contributed by atoms with Gasteiger partial charge in [0.2, 0.25) is 5.88 Å². The van der Waals surface area contributed by atoms with Gasteiger partial charge >= 0.3 is 0 Å². The van der Waals surface area contributed by atoms with E-state index in [-0.39, 0.29) is 17.1 Å². The Morgan fingerprint density at radius 3 is 2.77 bits per heavy atom. The molecule has 1 N–H and O–H groups in total. The molecule has 0 aliphatic carbocycles. The minimum absolute atomic E-state index is 0.130. The molecule has 12 heteroatoms. The average molecular weight is 488 g/mol. The zero-order valence-electron chi connectivity index (χ0n) is 18.5. The molecule has 0 saturated carbocycles. The first-order valence-electron chi connectivity index (χ1n) is 10.1. The molecule has 4 rings (SSSR count). The van der Waals surface area contributed by atoms with Crippen molar-refractivity contribution >= 4 is 29.0 Å². The third-order valence-corrected chi connectivity index (χ3v) is 5.96. The zero-order valence-corrected chi connectivity index (χ0v) is 19.3. The lowest BCUT2D eigenvalue weighted by Gasteiger charge is -2.12. The molecule has 174 valence electrons. The van der Waals surface area contributed by atoms with E-state index in [1.54, 1.807) is 48.9 Å². The Balaban J connectivity index is 1.52. The number of aryl methyl sites for hydroxylation is 2. The van der Waals surface area contributed by atoms with Gasteiger partial charge in [-0.2, -0.15) is 5.26 Å². The van der Waals surface area contributed by atoms with Gasteiger partial charge in [-0.15, -0.1) is 10.2 Å². The van der Waals surface area contributed by atoms with Gasteiger partial charge in [-0.25, -0.2) is 4.98 Å². The Kier molecular flexibility index (Phi) is 6.70. The van der Waals surface area contributed by atoms with Crippen LogP contribution in [0.1, 0.15) is 21.5 Å². The fourth-order valence-electron chi connectivity index (χ4n) is 3.05. The van der Waals surface area contributed by atoms with Crippen LogP contribution in [0.5, 0.6) is 11.6 Å². The van der Waals surface area contributed by atoms with Crippen LogP contribution in [-0.4, -0.2) is 30.6 Å². The number of nitro benzene ring substituents is 1. The highest BCUT2D eigenvalue weighted by atomic mass is 32.2. The second kappa shape index (κ2) is 10.0. The number of nitriles is 1. The first-order valence-corrected chi connectivity index (χ1v) is 10.9. The van der Waals surface area contributed by atoms with E-state index in [0.717, 1.165) is 11.8 Å². The summed E-state index contributed by atoms with van der Waals surface area (Å²) < 4.78 is 7.34. The number of hydrogen-bond donors (Lipinski definition) is 1. The van der Waals surface area contributed by atoms with Gasteiger partial charge in [0, 0.05) is 30.6 Å². The van der Waals surface area contributed by atoms with E-state index in [1.807, 2.05) is 6.07 Å². The maximum Gasteiger partial charge on any atom is 0.284 e. The Hall–Kier alpha value is -4.76. The topological polar surface area (TPSA) is 149 Å². The lowest BCUT2D eigenvalue weighted by atomic mass is 10.1. The van der Waals surface area contributed by atoms with Crippen molar-refractivity contribution in [2.45, 2.75) is 17.0 Å². The van der Waals surface area contributed by atoms with Crippen LogP contribution in [0.4, 0.5) is 11.4 Å². The summed E-state index contributed by atoms with van der Waals surface area (Å²) in [6.45, 7) is 1.77. The van der Waals surface area contributed by atoms with Gasteiger partial charge in [0.1, 0.15) is 23.7 Å². The van der Waals surface area contributed by atoms with E-state index in [9.17, 15) is 20.2 Å². The van der Waals surface area contributed by atoms with Crippen LogP contribution >= 0.6 is 11.8 Å². The summed E-state index contributed by atoms with van der Waals surface area (Å²) in [5, 5.41) is 31.7. The molecule has 0 bridgehead atoms. The average Bonchev–Trinajstić information content (AvgIpc) is 3.25. The van der Waals surface area contributed by atoms with E-state index in [0.29, 0.717) is 32.6 Å². The Bertz CT molecular complexity index is 1480. The smallest absolute Gasteiger partial charge is 0.284 e. The molecule has 0 unspecified atom stereocenters. The summed E-state index contributed by atoms with van der Waals surface area (Å²) in [6.07, 6.45) is 3.02. The fourth-order valence-corrected chi connectivity index (χ4v) is 3.90. The van der Waals surface area contributed by atoms with Crippen molar-refractivity contribution < 1.29 is 14.5 Å². The SMILES string of the molecule is Cc1cc(Oc2ncccc2C#N)ccc1NC(=O)c1ccc(Sc2nncn2C)c([N+](=O)[O-])c1. The maximum absolute atomic E-state index is 12.8. The van der Waals surface area contributed by atoms with Gasteiger partial charge < -0.3 is 14.6 Å². The molecule has 11 nitrogen and oxygen atoms in total. The molecule has 0 aliphatic rings. The number of benzene rings is 2. The number of carbonyl (C=O) groups excluding carboxylic acids is 1. The number of ether oxygens (including phenoxy) is 1. The van der Waals surface area contributed by atoms with E-state index in [1.165, 1.54) is 30.7 Å². The number of aromatic nitrogens is 4.